The Bertz CT molecular complexity index is 2560. The van der Waals surface area contributed by atoms with Crippen LogP contribution < -0.4 is 15.1 Å². The molecule has 3 saturated heterocycles. The monoisotopic (exact) mass is 989 g/mol. The zero-order chi connectivity index (χ0) is 50.3. The maximum atomic E-state index is 14.0. The SMILES string of the molecule is [C-]#[N+]c1ccc(N2C(=O)C(C)(C)N(c3ccc(C4CCN(CCOCCCOCC(=O)N[C@H](C(=O)N5C[C@H](O)C[C@H]5C(=O)CCc5ccc(-c6scnc6C)cc5)C(C)(C)C)CC4)cc3)C2=S)cc1C. The summed E-state index contributed by atoms with van der Waals surface area (Å²) >= 11 is 7.49. The highest BCUT2D eigenvalue weighted by molar-refractivity contribution is 7.81. The summed E-state index contributed by atoms with van der Waals surface area (Å²) in [6.07, 6.45) is 2.76. The minimum absolute atomic E-state index is 0.0356. The first-order chi connectivity index (χ1) is 33.4. The van der Waals surface area contributed by atoms with Crippen LogP contribution in [0.3, 0.4) is 0 Å². The quantitative estimate of drug-likeness (QED) is 0.0532. The van der Waals surface area contributed by atoms with Gasteiger partial charge >= 0.3 is 0 Å². The first-order valence-electron chi connectivity index (χ1n) is 24.3. The number of piperidine rings is 1. The molecule has 14 nitrogen and oxygen atoms in total. The molecule has 0 radical (unpaired) electrons. The molecular weight excluding hydrogens is 923 g/mol. The predicted octanol–water partition coefficient (Wildman–Crippen LogP) is 8.19. The first kappa shape index (κ1) is 52.4. The molecule has 0 bridgehead atoms. The van der Waals surface area contributed by atoms with Crippen LogP contribution in [-0.2, 0) is 35.1 Å². The topological polar surface area (TPSA) is 149 Å². The highest BCUT2D eigenvalue weighted by Gasteiger charge is 2.50. The second kappa shape index (κ2) is 22.8. The molecular formula is C54H67N7O7S2. The number of carbonyl (C=O) groups excluding carboxylic acids is 4. The number of anilines is 2. The summed E-state index contributed by atoms with van der Waals surface area (Å²) in [5, 5.41) is 13.9. The minimum atomic E-state index is -0.916. The van der Waals surface area contributed by atoms with Crippen molar-refractivity contribution in [1.82, 2.24) is 20.1 Å². The zero-order valence-electron chi connectivity index (χ0n) is 41.5. The van der Waals surface area contributed by atoms with Gasteiger partial charge in [0.25, 0.3) is 5.91 Å². The Hall–Kier alpha value is -5.41. The Morgan fingerprint density at radius 3 is 2.31 bits per heavy atom. The number of aryl methyl sites for hydroxylation is 3. The smallest absolute Gasteiger partial charge is 0.259 e. The molecule has 2 N–H and O–H groups in total. The molecule has 4 heterocycles. The number of hydrogen-bond acceptors (Lipinski definition) is 11. The second-order valence-corrected chi connectivity index (χ2v) is 21.5. The molecule has 1 aromatic heterocycles. The van der Waals surface area contributed by atoms with Crippen LogP contribution in [0.15, 0.2) is 72.2 Å². The van der Waals surface area contributed by atoms with Gasteiger partial charge in [-0.25, -0.2) is 9.83 Å². The average Bonchev–Trinajstić information content (AvgIpc) is 4.00. The zero-order valence-corrected chi connectivity index (χ0v) is 43.2. The number of nitrogens with one attached hydrogen (secondary N) is 1. The number of rotatable bonds is 19. The third-order valence-corrected chi connectivity index (χ3v) is 15.1. The lowest BCUT2D eigenvalue weighted by molar-refractivity contribution is -0.144. The van der Waals surface area contributed by atoms with Gasteiger partial charge in [0, 0.05) is 50.5 Å². The molecule has 3 fully saturated rings. The van der Waals surface area contributed by atoms with E-state index in [9.17, 15) is 24.3 Å². The van der Waals surface area contributed by atoms with Crippen molar-refractivity contribution in [2.45, 2.75) is 117 Å². The highest BCUT2D eigenvalue weighted by Crippen LogP contribution is 2.39. The number of Topliss-reactive ketones (excluding diaryl/α,β-unsaturated/α-hetero) is 1. The van der Waals surface area contributed by atoms with Crippen molar-refractivity contribution >= 4 is 69.2 Å². The number of β-amino-alcohol motifs (C(OH)–C–C–N with tert-alkyl or cyclic N) is 1. The van der Waals surface area contributed by atoms with Gasteiger partial charge in [-0.15, -0.1) is 11.3 Å². The van der Waals surface area contributed by atoms with Gasteiger partial charge in [0.1, 0.15) is 18.2 Å². The lowest BCUT2D eigenvalue weighted by Gasteiger charge is -2.35. The third-order valence-electron chi connectivity index (χ3n) is 13.8. The Balaban J connectivity index is 0.784. The van der Waals surface area contributed by atoms with E-state index >= 15 is 0 Å². The lowest BCUT2D eigenvalue weighted by Crippen LogP contribution is -2.57. The van der Waals surface area contributed by atoms with Crippen LogP contribution in [0.25, 0.3) is 15.3 Å². The normalized spacial score (nSPS) is 19.2. The van der Waals surface area contributed by atoms with E-state index in [2.05, 4.69) is 44.3 Å². The van der Waals surface area contributed by atoms with Crippen molar-refractivity contribution in [3.05, 3.63) is 106 Å². The molecule has 4 aromatic rings. The van der Waals surface area contributed by atoms with Crippen molar-refractivity contribution < 1.29 is 33.8 Å². The number of benzene rings is 3. The van der Waals surface area contributed by atoms with Gasteiger partial charge in [-0.2, -0.15) is 0 Å². The summed E-state index contributed by atoms with van der Waals surface area (Å²) in [7, 11) is 0. The summed E-state index contributed by atoms with van der Waals surface area (Å²) in [5.41, 5.74) is 7.51. The number of carbonyl (C=O) groups is 4. The largest absolute Gasteiger partial charge is 0.391 e. The number of thiazole rings is 1. The van der Waals surface area contributed by atoms with Gasteiger partial charge < -0.3 is 34.6 Å². The number of ether oxygens (including phenoxy) is 2. The maximum Gasteiger partial charge on any atom is 0.259 e. The Morgan fingerprint density at radius 1 is 0.986 bits per heavy atom. The van der Waals surface area contributed by atoms with Crippen LogP contribution in [0, 0.1) is 25.8 Å². The van der Waals surface area contributed by atoms with Crippen molar-refractivity contribution in [3.63, 3.8) is 0 Å². The van der Waals surface area contributed by atoms with E-state index in [-0.39, 0.29) is 43.6 Å². The van der Waals surface area contributed by atoms with Crippen LogP contribution in [0.2, 0.25) is 0 Å². The number of aliphatic hydroxyl groups excluding tert-OH is 1. The maximum absolute atomic E-state index is 14.0. The Labute approximate surface area is 422 Å². The van der Waals surface area contributed by atoms with Gasteiger partial charge in [-0.1, -0.05) is 63.2 Å². The molecule has 3 aromatic carbocycles. The molecule has 372 valence electrons. The highest BCUT2D eigenvalue weighted by atomic mass is 32.1. The molecule has 3 amide bonds. The predicted molar refractivity (Wildman–Crippen MR) is 278 cm³/mol. The number of aromatic nitrogens is 1. The summed E-state index contributed by atoms with van der Waals surface area (Å²) < 4.78 is 11.6. The van der Waals surface area contributed by atoms with Crippen LogP contribution in [-0.4, -0.2) is 125 Å². The van der Waals surface area contributed by atoms with Crippen LogP contribution in [0.5, 0.6) is 0 Å². The van der Waals surface area contributed by atoms with Crippen molar-refractivity contribution in [3.8, 4) is 10.4 Å². The number of likely N-dealkylation sites (tertiary alicyclic amines) is 2. The molecule has 16 heteroatoms. The van der Waals surface area contributed by atoms with E-state index in [1.54, 1.807) is 28.4 Å². The van der Waals surface area contributed by atoms with Crippen LogP contribution in [0.4, 0.5) is 17.1 Å². The van der Waals surface area contributed by atoms with Crippen molar-refractivity contribution in [1.29, 1.82) is 0 Å². The van der Waals surface area contributed by atoms with Gasteiger partial charge in [-0.3, -0.25) is 24.1 Å². The first-order valence-corrected chi connectivity index (χ1v) is 25.6. The van der Waals surface area contributed by atoms with Gasteiger partial charge in [0.05, 0.1) is 41.4 Å². The standard InChI is InChI=1S/C54H67N7O7S2/c1-35-30-42(19-20-44(35)55-8)60-51(66)54(6,7)61(52(60)69)41-17-15-38(16-18-41)39-22-24-58(25-23-39)26-29-67-27-9-28-68-33-47(64)57-49(53(3,4)5)50(65)59-32-43(62)31-45(59)46(63)21-12-37-10-13-40(14-11-37)48-36(2)56-34-70-48/h10-11,13-20,30,34,39,43,45,49,62H,9,12,21-29,31-33H2,1-7H3,(H,57,64)/t43-,45+,49-/m1/s1. The Morgan fingerprint density at radius 2 is 1.67 bits per heavy atom. The fourth-order valence-corrected chi connectivity index (χ4v) is 11.0. The summed E-state index contributed by atoms with van der Waals surface area (Å²) in [5.74, 6) is -0.601. The summed E-state index contributed by atoms with van der Waals surface area (Å²) in [6.45, 7) is 24.6. The van der Waals surface area contributed by atoms with E-state index in [1.165, 1.54) is 10.5 Å². The molecule has 0 spiro atoms. The molecule has 0 saturated carbocycles. The van der Waals surface area contributed by atoms with E-state index in [0.717, 1.165) is 65.4 Å². The number of thiocarbonyl (C=S) groups is 1. The van der Waals surface area contributed by atoms with Gasteiger partial charge in [-0.05, 0) is 137 Å². The van der Waals surface area contributed by atoms with Crippen LogP contribution in [0.1, 0.15) is 95.0 Å². The molecule has 0 unspecified atom stereocenters. The van der Waals surface area contributed by atoms with E-state index in [4.69, 9.17) is 28.3 Å². The van der Waals surface area contributed by atoms with Crippen molar-refractivity contribution in [2.75, 3.05) is 62.4 Å². The Kier molecular flexibility index (Phi) is 17.1. The average molecular weight is 990 g/mol. The van der Waals surface area contributed by atoms with Gasteiger partial charge in [0.2, 0.25) is 11.8 Å². The number of amides is 3. The molecule has 70 heavy (non-hydrogen) atoms. The second-order valence-electron chi connectivity index (χ2n) is 20.3. The third kappa shape index (κ3) is 12.2. The fraction of sp³-hybridized carbons (Fsp3) is 0.500. The van der Waals surface area contributed by atoms with Crippen molar-refractivity contribution in [2.24, 2.45) is 5.41 Å². The van der Waals surface area contributed by atoms with E-state index in [1.807, 2.05) is 89.2 Å². The number of hydrogen-bond donors (Lipinski definition) is 2. The molecule has 3 aliphatic heterocycles. The van der Waals surface area contributed by atoms with Crippen LogP contribution >= 0.6 is 23.6 Å². The van der Waals surface area contributed by atoms with E-state index < -0.39 is 35.0 Å². The number of nitrogens with zero attached hydrogens (tertiary/aromatic N) is 6. The lowest BCUT2D eigenvalue weighted by atomic mass is 9.85. The summed E-state index contributed by atoms with van der Waals surface area (Å²) in [4.78, 5) is 70.7. The molecule has 3 aliphatic rings. The number of ketones is 1. The minimum Gasteiger partial charge on any atom is -0.391 e. The van der Waals surface area contributed by atoms with Gasteiger partial charge in [0.15, 0.2) is 16.6 Å². The molecule has 7 rings (SSSR count). The molecule has 0 aliphatic carbocycles. The fourth-order valence-electron chi connectivity index (χ4n) is 9.69. The van der Waals surface area contributed by atoms with E-state index in [0.29, 0.717) is 55.1 Å². The summed E-state index contributed by atoms with van der Waals surface area (Å²) in [6, 6.07) is 20.2. The molecule has 3 atom stereocenters. The number of aliphatic hydroxyl groups is 1.